The Bertz CT molecular complexity index is 957. The lowest BCUT2D eigenvalue weighted by Crippen LogP contribution is -2.19. The van der Waals surface area contributed by atoms with Gasteiger partial charge in [-0.15, -0.1) is 5.10 Å². The summed E-state index contributed by atoms with van der Waals surface area (Å²) in [5, 5.41) is 15.3. The molecule has 0 fully saturated rings. The summed E-state index contributed by atoms with van der Waals surface area (Å²) in [5.74, 6) is -0.321. The van der Waals surface area contributed by atoms with Gasteiger partial charge in [0.2, 0.25) is 0 Å². The van der Waals surface area contributed by atoms with Crippen LogP contribution >= 0.6 is 58.6 Å². The Hall–Kier alpha value is -1.97. The molecule has 11 heteroatoms. The van der Waals surface area contributed by atoms with Gasteiger partial charge in [0.05, 0.1) is 15.1 Å². The first kappa shape index (κ1) is 19.8. The molecule has 0 spiro atoms. The molecule has 3 aromatic rings. The number of rotatable bonds is 4. The van der Waals surface area contributed by atoms with Crippen LogP contribution in [0.25, 0.3) is 0 Å². The van der Waals surface area contributed by atoms with Crippen LogP contribution in [0, 0.1) is 0 Å². The summed E-state index contributed by atoms with van der Waals surface area (Å²) in [6.45, 7) is 0. The van der Waals surface area contributed by atoms with E-state index in [1.165, 1.54) is 0 Å². The van der Waals surface area contributed by atoms with Crippen LogP contribution in [-0.2, 0) is 0 Å². The van der Waals surface area contributed by atoms with Crippen molar-refractivity contribution >= 4 is 86.6 Å². The Morgan fingerprint density at radius 1 is 0.926 bits per heavy atom. The van der Waals surface area contributed by atoms with Gasteiger partial charge in [0, 0.05) is 22.4 Å². The van der Waals surface area contributed by atoms with Gasteiger partial charge in [0.1, 0.15) is 0 Å². The van der Waals surface area contributed by atoms with Gasteiger partial charge in [-0.2, -0.15) is 0 Å². The summed E-state index contributed by atoms with van der Waals surface area (Å²) < 4.78 is 3.66. The largest absolute Gasteiger partial charge is 0.332 e. The molecular formula is C16H10Cl3N5OS2. The third-order valence-corrected chi connectivity index (χ3v) is 5.14. The van der Waals surface area contributed by atoms with E-state index >= 15 is 0 Å². The van der Waals surface area contributed by atoms with E-state index in [2.05, 4.69) is 25.5 Å². The first-order chi connectivity index (χ1) is 12.9. The number of benzene rings is 2. The molecule has 6 nitrogen and oxygen atoms in total. The number of nitrogens with one attached hydrogen (secondary N) is 3. The summed E-state index contributed by atoms with van der Waals surface area (Å²) >= 11 is 24.3. The van der Waals surface area contributed by atoms with E-state index < -0.39 is 0 Å². The average molecular weight is 459 g/mol. The Morgan fingerprint density at radius 2 is 1.48 bits per heavy atom. The number of anilines is 3. The van der Waals surface area contributed by atoms with Gasteiger partial charge >= 0.3 is 0 Å². The zero-order valence-corrected chi connectivity index (χ0v) is 17.2. The molecule has 1 amide bonds. The van der Waals surface area contributed by atoms with Gasteiger partial charge in [0.15, 0.2) is 10.8 Å². The van der Waals surface area contributed by atoms with Crippen LogP contribution < -0.4 is 16.0 Å². The normalized spacial score (nSPS) is 10.3. The molecule has 0 aliphatic rings. The number of thiocarbonyl (C=S) groups is 1. The van der Waals surface area contributed by atoms with E-state index in [1.54, 1.807) is 41.8 Å². The fraction of sp³-hybridized carbons (Fsp3) is 0. The van der Waals surface area contributed by atoms with Crippen LogP contribution in [0.3, 0.4) is 0 Å². The molecular weight excluding hydrogens is 449 g/mol. The van der Waals surface area contributed by atoms with Crippen LogP contribution in [-0.4, -0.2) is 20.6 Å². The van der Waals surface area contributed by atoms with Crippen molar-refractivity contribution in [1.29, 1.82) is 0 Å². The van der Waals surface area contributed by atoms with Gasteiger partial charge in [-0.25, -0.2) is 0 Å². The molecule has 3 N–H and O–H groups in total. The lowest BCUT2D eigenvalue weighted by Gasteiger charge is -2.12. The summed E-state index contributed by atoms with van der Waals surface area (Å²) in [4.78, 5) is 11.9. The molecule has 27 heavy (non-hydrogen) atoms. The maximum atomic E-state index is 11.9. The number of nitrogens with zero attached hydrogens (tertiary/aromatic N) is 2. The molecule has 0 bridgehead atoms. The summed E-state index contributed by atoms with van der Waals surface area (Å²) in [7, 11) is 0. The standard InChI is InChI=1S/C16H10Cl3N5OS2/c17-11-5-10(6-12(18)14(11)19)22-16(26)21-9-3-1-8(2-4-9)20-15(25)13-7-27-24-23-13/h1-7H,(H,20,25)(H2,21,22,26). The smallest absolute Gasteiger partial charge is 0.277 e. The molecule has 1 heterocycles. The highest BCUT2D eigenvalue weighted by molar-refractivity contribution is 7.80. The molecule has 0 unspecified atom stereocenters. The number of hydrogen-bond donors (Lipinski definition) is 3. The minimum atomic E-state index is -0.321. The third-order valence-electron chi connectivity index (χ3n) is 3.23. The number of hydrogen-bond acceptors (Lipinski definition) is 5. The summed E-state index contributed by atoms with van der Waals surface area (Å²) in [6, 6.07) is 10.2. The van der Waals surface area contributed by atoms with Crippen LogP contribution in [0.2, 0.25) is 15.1 Å². The van der Waals surface area contributed by atoms with Crippen molar-refractivity contribution in [3.8, 4) is 0 Å². The Morgan fingerprint density at radius 3 is 2.04 bits per heavy atom. The Labute approximate surface area is 179 Å². The zero-order valence-electron chi connectivity index (χ0n) is 13.3. The molecule has 0 atom stereocenters. The highest BCUT2D eigenvalue weighted by atomic mass is 35.5. The Kier molecular flexibility index (Phi) is 6.46. The predicted molar refractivity (Wildman–Crippen MR) is 116 cm³/mol. The van der Waals surface area contributed by atoms with Crippen molar-refractivity contribution in [3.05, 3.63) is 62.5 Å². The van der Waals surface area contributed by atoms with Gasteiger partial charge < -0.3 is 16.0 Å². The van der Waals surface area contributed by atoms with Crippen molar-refractivity contribution in [2.75, 3.05) is 16.0 Å². The fourth-order valence-electron chi connectivity index (χ4n) is 2.02. The second kappa shape index (κ2) is 8.81. The third kappa shape index (κ3) is 5.27. The lowest BCUT2D eigenvalue weighted by atomic mass is 10.2. The highest BCUT2D eigenvalue weighted by Gasteiger charge is 2.09. The van der Waals surface area contributed by atoms with E-state index in [0.717, 1.165) is 17.2 Å². The SMILES string of the molecule is O=C(Nc1ccc(NC(=S)Nc2cc(Cl)c(Cl)c(Cl)c2)cc1)c1csnn1. The molecule has 0 aliphatic carbocycles. The average Bonchev–Trinajstić information content (AvgIpc) is 3.16. The molecule has 0 aliphatic heterocycles. The topological polar surface area (TPSA) is 78.9 Å². The molecule has 2 aromatic carbocycles. The minimum absolute atomic E-state index is 0.271. The quantitative estimate of drug-likeness (QED) is 0.351. The zero-order chi connectivity index (χ0) is 19.4. The van der Waals surface area contributed by atoms with Crippen molar-refractivity contribution in [3.63, 3.8) is 0 Å². The maximum Gasteiger partial charge on any atom is 0.277 e. The molecule has 0 saturated heterocycles. The lowest BCUT2D eigenvalue weighted by molar-refractivity contribution is 0.102. The number of aromatic nitrogens is 2. The minimum Gasteiger partial charge on any atom is -0.332 e. The summed E-state index contributed by atoms with van der Waals surface area (Å²) in [5.41, 5.74) is 2.22. The number of amides is 1. The van der Waals surface area contributed by atoms with E-state index in [-0.39, 0.29) is 16.6 Å². The number of carbonyl (C=O) groups excluding carboxylic acids is 1. The molecule has 1 aromatic heterocycles. The second-order valence-electron chi connectivity index (χ2n) is 5.15. The van der Waals surface area contributed by atoms with Gasteiger partial charge in [0.25, 0.3) is 5.91 Å². The maximum absolute atomic E-state index is 11.9. The monoisotopic (exact) mass is 457 g/mol. The molecule has 0 radical (unpaired) electrons. The van der Waals surface area contributed by atoms with Crippen molar-refractivity contribution in [2.24, 2.45) is 0 Å². The van der Waals surface area contributed by atoms with Crippen LogP contribution in [0.4, 0.5) is 17.1 Å². The fourth-order valence-corrected chi connectivity index (χ4v) is 3.28. The van der Waals surface area contributed by atoms with E-state index in [1.807, 2.05) is 0 Å². The molecule has 3 rings (SSSR count). The first-order valence-corrected chi connectivity index (χ1v) is 9.71. The van der Waals surface area contributed by atoms with Crippen molar-refractivity contribution in [1.82, 2.24) is 9.59 Å². The van der Waals surface area contributed by atoms with E-state index in [9.17, 15) is 4.79 Å². The van der Waals surface area contributed by atoms with Gasteiger partial charge in [-0.05, 0) is 60.1 Å². The second-order valence-corrected chi connectivity index (χ2v) is 7.37. The van der Waals surface area contributed by atoms with Crippen molar-refractivity contribution in [2.45, 2.75) is 0 Å². The molecule has 138 valence electrons. The van der Waals surface area contributed by atoms with Crippen LogP contribution in [0.15, 0.2) is 41.8 Å². The molecule has 0 saturated carbocycles. The number of halogens is 3. The first-order valence-electron chi connectivity index (χ1n) is 7.33. The Balaban J connectivity index is 1.59. The number of carbonyl (C=O) groups is 1. The van der Waals surface area contributed by atoms with E-state index in [4.69, 9.17) is 47.0 Å². The van der Waals surface area contributed by atoms with Crippen LogP contribution in [0.5, 0.6) is 0 Å². The van der Waals surface area contributed by atoms with Gasteiger partial charge in [-0.3, -0.25) is 4.79 Å². The van der Waals surface area contributed by atoms with Crippen molar-refractivity contribution < 1.29 is 4.79 Å². The highest BCUT2D eigenvalue weighted by Crippen LogP contribution is 2.33. The van der Waals surface area contributed by atoms with E-state index in [0.29, 0.717) is 26.5 Å². The summed E-state index contributed by atoms with van der Waals surface area (Å²) in [6.07, 6.45) is 0. The van der Waals surface area contributed by atoms with Crippen LogP contribution in [0.1, 0.15) is 10.5 Å². The predicted octanol–water partition coefficient (Wildman–Crippen LogP) is 5.56. The van der Waals surface area contributed by atoms with Gasteiger partial charge in [-0.1, -0.05) is 39.3 Å².